The largest absolute Gasteiger partial charge is 0.444 e. The molecule has 0 radical (unpaired) electrons. The van der Waals surface area contributed by atoms with E-state index in [4.69, 9.17) is 9.47 Å². The second-order valence-corrected chi connectivity index (χ2v) is 7.34. The lowest BCUT2D eigenvalue weighted by molar-refractivity contribution is -0.124. The SMILES string of the molecule is CC(C)(C)OC(=O)N[C@@H](COCc1ccccc1)C(=O)N/N=C\c1ccccc1. The number of benzene rings is 2. The van der Waals surface area contributed by atoms with Gasteiger partial charge in [-0.2, -0.15) is 5.10 Å². The first-order valence-corrected chi connectivity index (χ1v) is 9.32. The topological polar surface area (TPSA) is 89.0 Å². The summed E-state index contributed by atoms with van der Waals surface area (Å²) in [6.07, 6.45) is 0.820. The summed E-state index contributed by atoms with van der Waals surface area (Å²) in [6.45, 7) is 5.53. The Balaban J connectivity index is 1.95. The van der Waals surface area contributed by atoms with Crippen LogP contribution in [-0.4, -0.2) is 36.5 Å². The van der Waals surface area contributed by atoms with Crippen molar-refractivity contribution in [1.82, 2.24) is 10.7 Å². The fourth-order valence-electron chi connectivity index (χ4n) is 2.29. The van der Waals surface area contributed by atoms with Crippen LogP contribution in [0.4, 0.5) is 4.79 Å². The summed E-state index contributed by atoms with van der Waals surface area (Å²) in [5.74, 6) is -0.504. The molecular formula is C22H27N3O4. The first kappa shape index (κ1) is 22.1. The van der Waals surface area contributed by atoms with E-state index in [1.807, 2.05) is 60.7 Å². The van der Waals surface area contributed by atoms with E-state index in [-0.39, 0.29) is 6.61 Å². The van der Waals surface area contributed by atoms with Crippen LogP contribution in [-0.2, 0) is 20.9 Å². The number of nitrogens with one attached hydrogen (secondary N) is 2. The molecule has 0 fully saturated rings. The maximum Gasteiger partial charge on any atom is 0.408 e. The third kappa shape index (κ3) is 9.03. The van der Waals surface area contributed by atoms with Crippen LogP contribution in [0.3, 0.4) is 0 Å². The molecule has 7 nitrogen and oxygen atoms in total. The first-order valence-electron chi connectivity index (χ1n) is 9.32. The van der Waals surface area contributed by atoms with Gasteiger partial charge in [0.05, 0.1) is 19.4 Å². The zero-order valence-corrected chi connectivity index (χ0v) is 16.9. The van der Waals surface area contributed by atoms with Crippen molar-refractivity contribution < 1.29 is 19.1 Å². The maximum absolute atomic E-state index is 12.5. The summed E-state index contributed by atoms with van der Waals surface area (Å²) in [6, 6.07) is 17.9. The van der Waals surface area contributed by atoms with E-state index in [1.54, 1.807) is 20.8 Å². The van der Waals surface area contributed by atoms with Crippen molar-refractivity contribution in [2.75, 3.05) is 6.61 Å². The second kappa shape index (κ2) is 11.0. The molecule has 1 atom stereocenters. The highest BCUT2D eigenvalue weighted by Crippen LogP contribution is 2.07. The molecule has 0 spiro atoms. The lowest BCUT2D eigenvalue weighted by atomic mass is 10.2. The van der Waals surface area contributed by atoms with E-state index >= 15 is 0 Å². The summed E-state index contributed by atoms with van der Waals surface area (Å²) in [5, 5.41) is 6.47. The average Bonchev–Trinajstić information content (AvgIpc) is 2.67. The number of carbonyl (C=O) groups excluding carboxylic acids is 2. The van der Waals surface area contributed by atoms with Crippen molar-refractivity contribution in [2.24, 2.45) is 5.10 Å². The first-order chi connectivity index (χ1) is 13.8. The van der Waals surface area contributed by atoms with Gasteiger partial charge in [-0.05, 0) is 31.9 Å². The Morgan fingerprint density at radius 1 is 1.03 bits per heavy atom. The van der Waals surface area contributed by atoms with Gasteiger partial charge in [0.15, 0.2) is 0 Å². The third-order valence-corrected chi connectivity index (χ3v) is 3.59. The van der Waals surface area contributed by atoms with Gasteiger partial charge in [0, 0.05) is 0 Å². The normalized spacial score (nSPS) is 12.4. The predicted octanol–water partition coefficient (Wildman–Crippen LogP) is 3.25. The molecule has 29 heavy (non-hydrogen) atoms. The Labute approximate surface area is 171 Å². The van der Waals surface area contributed by atoms with Crippen molar-refractivity contribution in [3.63, 3.8) is 0 Å². The molecule has 2 rings (SSSR count). The molecule has 0 aromatic heterocycles. The van der Waals surface area contributed by atoms with E-state index in [9.17, 15) is 9.59 Å². The number of nitrogens with zero attached hydrogens (tertiary/aromatic N) is 1. The van der Waals surface area contributed by atoms with Crippen molar-refractivity contribution in [3.05, 3.63) is 71.8 Å². The molecule has 0 aliphatic rings. The minimum atomic E-state index is -0.957. The molecule has 0 aliphatic carbocycles. The maximum atomic E-state index is 12.5. The van der Waals surface area contributed by atoms with Crippen LogP contribution in [0.1, 0.15) is 31.9 Å². The quantitative estimate of drug-likeness (QED) is 0.529. The molecule has 2 aromatic carbocycles. The monoisotopic (exact) mass is 397 g/mol. The number of ether oxygens (including phenoxy) is 2. The number of rotatable bonds is 8. The van der Waals surface area contributed by atoms with Gasteiger partial charge in [-0.3, -0.25) is 4.79 Å². The van der Waals surface area contributed by atoms with Crippen LogP contribution < -0.4 is 10.7 Å². The smallest absolute Gasteiger partial charge is 0.408 e. The highest BCUT2D eigenvalue weighted by Gasteiger charge is 2.24. The van der Waals surface area contributed by atoms with Gasteiger partial charge in [0.1, 0.15) is 11.6 Å². The molecule has 7 heteroatoms. The molecule has 0 saturated heterocycles. The Bertz CT molecular complexity index is 802. The summed E-state index contributed by atoms with van der Waals surface area (Å²) < 4.78 is 10.8. The molecule has 0 aliphatic heterocycles. The van der Waals surface area contributed by atoms with Crippen LogP contribution in [0, 0.1) is 0 Å². The zero-order valence-electron chi connectivity index (χ0n) is 16.9. The molecular weight excluding hydrogens is 370 g/mol. The second-order valence-electron chi connectivity index (χ2n) is 7.34. The fraction of sp³-hybridized carbons (Fsp3) is 0.318. The zero-order chi connectivity index (χ0) is 21.1. The standard InChI is InChI=1S/C22H27N3O4/c1-22(2,3)29-21(27)24-19(16-28-15-18-12-8-5-9-13-18)20(26)25-23-14-17-10-6-4-7-11-17/h4-14,19H,15-16H2,1-3H3,(H,24,27)(H,25,26)/b23-14-/t19-/m0/s1. The number of amides is 2. The van der Waals surface area contributed by atoms with E-state index < -0.39 is 23.6 Å². The Kier molecular flexibility index (Phi) is 8.36. The summed E-state index contributed by atoms with van der Waals surface area (Å²) in [5.41, 5.74) is 3.55. The van der Waals surface area contributed by atoms with E-state index in [0.29, 0.717) is 6.61 Å². The lowest BCUT2D eigenvalue weighted by Gasteiger charge is -2.22. The van der Waals surface area contributed by atoms with Crippen molar-refractivity contribution in [3.8, 4) is 0 Å². The van der Waals surface area contributed by atoms with Gasteiger partial charge in [-0.25, -0.2) is 10.2 Å². The number of hydrogen-bond acceptors (Lipinski definition) is 5. The van der Waals surface area contributed by atoms with Crippen LogP contribution in [0.5, 0.6) is 0 Å². The fourth-order valence-corrected chi connectivity index (χ4v) is 2.29. The highest BCUT2D eigenvalue weighted by atomic mass is 16.6. The van der Waals surface area contributed by atoms with E-state index in [2.05, 4.69) is 15.8 Å². The average molecular weight is 397 g/mol. The Morgan fingerprint density at radius 2 is 1.66 bits per heavy atom. The molecule has 0 saturated carbocycles. The van der Waals surface area contributed by atoms with Crippen molar-refractivity contribution >= 4 is 18.2 Å². The van der Waals surface area contributed by atoms with Gasteiger partial charge in [0.25, 0.3) is 5.91 Å². The number of hydrogen-bond donors (Lipinski definition) is 2. The van der Waals surface area contributed by atoms with Gasteiger partial charge < -0.3 is 14.8 Å². The molecule has 0 unspecified atom stereocenters. The molecule has 154 valence electrons. The van der Waals surface area contributed by atoms with Gasteiger partial charge >= 0.3 is 6.09 Å². The third-order valence-electron chi connectivity index (χ3n) is 3.59. The van der Waals surface area contributed by atoms with E-state index in [1.165, 1.54) is 6.21 Å². The molecule has 2 N–H and O–H groups in total. The van der Waals surface area contributed by atoms with Crippen molar-refractivity contribution in [1.29, 1.82) is 0 Å². The summed E-state index contributed by atoms with van der Waals surface area (Å²) >= 11 is 0. The van der Waals surface area contributed by atoms with Crippen LogP contribution in [0.15, 0.2) is 65.8 Å². The summed E-state index contributed by atoms with van der Waals surface area (Å²) in [7, 11) is 0. The molecule has 0 bridgehead atoms. The van der Waals surface area contributed by atoms with Crippen LogP contribution in [0.2, 0.25) is 0 Å². The van der Waals surface area contributed by atoms with Gasteiger partial charge in [-0.15, -0.1) is 0 Å². The molecule has 2 aromatic rings. The number of carbonyl (C=O) groups is 2. The van der Waals surface area contributed by atoms with E-state index in [0.717, 1.165) is 11.1 Å². The van der Waals surface area contributed by atoms with Gasteiger partial charge in [0.2, 0.25) is 0 Å². The molecule has 0 heterocycles. The van der Waals surface area contributed by atoms with Gasteiger partial charge in [-0.1, -0.05) is 60.7 Å². The number of alkyl carbamates (subject to hydrolysis) is 1. The molecule has 2 amide bonds. The minimum Gasteiger partial charge on any atom is -0.444 e. The number of hydrazone groups is 1. The predicted molar refractivity (Wildman–Crippen MR) is 111 cm³/mol. The van der Waals surface area contributed by atoms with Crippen LogP contribution in [0.25, 0.3) is 0 Å². The Morgan fingerprint density at radius 3 is 2.28 bits per heavy atom. The minimum absolute atomic E-state index is 0.0270. The van der Waals surface area contributed by atoms with Crippen LogP contribution >= 0.6 is 0 Å². The van der Waals surface area contributed by atoms with Crippen molar-refractivity contribution in [2.45, 2.75) is 39.0 Å². The summed E-state index contributed by atoms with van der Waals surface area (Å²) in [4.78, 5) is 24.6. The Hall–Kier alpha value is -3.19. The lowest BCUT2D eigenvalue weighted by Crippen LogP contribution is -2.49. The highest BCUT2D eigenvalue weighted by molar-refractivity contribution is 5.87.